The molecule has 3 fully saturated rings. The van der Waals surface area contributed by atoms with Crippen LogP contribution in [0.4, 0.5) is 5.82 Å². The van der Waals surface area contributed by atoms with Gasteiger partial charge in [-0.05, 0) is 48.2 Å². The second kappa shape index (κ2) is 6.97. The summed E-state index contributed by atoms with van der Waals surface area (Å²) in [5.41, 5.74) is -0.225. The van der Waals surface area contributed by atoms with E-state index in [1.165, 1.54) is 11.0 Å². The van der Waals surface area contributed by atoms with Crippen LogP contribution in [-0.2, 0) is 16.1 Å². The van der Waals surface area contributed by atoms with Crippen LogP contribution < -0.4 is 4.90 Å². The molecule has 1 spiro atoms. The zero-order chi connectivity index (χ0) is 19.1. The number of hydrogen-bond acceptors (Lipinski definition) is 7. The van der Waals surface area contributed by atoms with Gasteiger partial charge in [0.05, 0.1) is 17.2 Å². The smallest absolute Gasteiger partial charge is 0.244 e. The molecule has 0 saturated carbocycles. The van der Waals surface area contributed by atoms with Gasteiger partial charge in [0.1, 0.15) is 18.7 Å². The van der Waals surface area contributed by atoms with Crippen molar-refractivity contribution in [2.24, 2.45) is 0 Å². The molecule has 2 aromatic rings. The fourth-order valence-electron chi connectivity index (χ4n) is 5.03. The lowest BCUT2D eigenvalue weighted by Gasteiger charge is -2.50. The van der Waals surface area contributed by atoms with Gasteiger partial charge in [-0.1, -0.05) is 11.6 Å². The normalized spacial score (nSPS) is 29.5. The van der Waals surface area contributed by atoms with E-state index in [1.54, 1.807) is 6.20 Å². The van der Waals surface area contributed by atoms with Gasteiger partial charge in [0.2, 0.25) is 5.91 Å². The van der Waals surface area contributed by atoms with Crippen LogP contribution in [0.2, 0.25) is 5.02 Å². The van der Waals surface area contributed by atoms with E-state index in [1.807, 2.05) is 12.1 Å². The number of ether oxygens (including phenoxy) is 1. The lowest BCUT2D eigenvalue weighted by Crippen LogP contribution is -2.61. The van der Waals surface area contributed by atoms with Crippen molar-refractivity contribution >= 4 is 23.3 Å². The number of amides is 1. The molecule has 1 amide bonds. The van der Waals surface area contributed by atoms with Crippen molar-refractivity contribution in [1.29, 1.82) is 0 Å². The molecule has 2 aromatic heterocycles. The number of halogens is 1. The highest BCUT2D eigenvalue weighted by molar-refractivity contribution is 6.30. The summed E-state index contributed by atoms with van der Waals surface area (Å²) in [5, 5.41) is 11.7. The summed E-state index contributed by atoms with van der Waals surface area (Å²) >= 11 is 5.98. The Morgan fingerprint density at radius 2 is 2.11 bits per heavy atom. The molecule has 5 heterocycles. The molecule has 0 radical (unpaired) electrons. The number of piperidine rings is 1. The highest BCUT2D eigenvalue weighted by Crippen LogP contribution is 2.44. The molecule has 5 rings (SSSR count). The van der Waals surface area contributed by atoms with Crippen LogP contribution in [0, 0.1) is 0 Å². The van der Waals surface area contributed by atoms with Crippen molar-refractivity contribution in [2.75, 3.05) is 24.6 Å². The highest BCUT2D eigenvalue weighted by atomic mass is 35.5. The molecule has 3 aliphatic heterocycles. The van der Waals surface area contributed by atoms with E-state index in [0.717, 1.165) is 44.6 Å². The average Bonchev–Trinajstić information content (AvgIpc) is 3.29. The molecule has 2 bridgehead atoms. The van der Waals surface area contributed by atoms with Crippen molar-refractivity contribution in [1.82, 2.24) is 30.1 Å². The number of rotatable bonds is 3. The van der Waals surface area contributed by atoms with E-state index in [9.17, 15) is 4.79 Å². The lowest BCUT2D eigenvalue weighted by atomic mass is 9.84. The predicted octanol–water partition coefficient (Wildman–Crippen LogP) is 1.15. The van der Waals surface area contributed by atoms with Crippen LogP contribution in [0.1, 0.15) is 25.7 Å². The Kier molecular flexibility index (Phi) is 4.43. The van der Waals surface area contributed by atoms with Gasteiger partial charge in [-0.15, -0.1) is 5.10 Å². The first kappa shape index (κ1) is 17.8. The van der Waals surface area contributed by atoms with E-state index in [2.05, 4.69) is 30.3 Å². The van der Waals surface area contributed by atoms with Crippen LogP contribution in [0.25, 0.3) is 0 Å². The minimum absolute atomic E-state index is 0.0849. The largest absolute Gasteiger partial charge is 0.371 e. The maximum absolute atomic E-state index is 12.9. The zero-order valence-electron chi connectivity index (χ0n) is 15.4. The fraction of sp³-hybridized carbons (Fsp3) is 0.611. The topological polar surface area (TPSA) is 89.3 Å². The summed E-state index contributed by atoms with van der Waals surface area (Å²) in [4.78, 5) is 21.6. The van der Waals surface area contributed by atoms with E-state index in [-0.39, 0.29) is 30.1 Å². The van der Waals surface area contributed by atoms with Gasteiger partial charge in [-0.2, -0.15) is 0 Å². The predicted molar refractivity (Wildman–Crippen MR) is 101 cm³/mol. The quantitative estimate of drug-likeness (QED) is 0.759. The molecule has 0 aromatic carbocycles. The SMILES string of the molecule is O=C(Cn1cnnn1)N1[C@@H]2CC[C@H]1CC1(C2)CN(c2ccc(Cl)cn2)CCO1. The number of carbonyl (C=O) groups is 1. The zero-order valence-corrected chi connectivity index (χ0v) is 16.2. The monoisotopic (exact) mass is 403 g/mol. The number of pyridine rings is 1. The number of aromatic nitrogens is 5. The summed E-state index contributed by atoms with van der Waals surface area (Å²) in [6.07, 6.45) is 6.92. The minimum Gasteiger partial charge on any atom is -0.371 e. The molecular weight excluding hydrogens is 382 g/mol. The molecule has 9 nitrogen and oxygen atoms in total. The number of hydrogen-bond donors (Lipinski definition) is 0. The first-order valence-electron chi connectivity index (χ1n) is 9.64. The molecule has 0 aliphatic carbocycles. The van der Waals surface area contributed by atoms with Gasteiger partial charge in [0.25, 0.3) is 0 Å². The van der Waals surface area contributed by atoms with Crippen LogP contribution in [0.3, 0.4) is 0 Å². The summed E-state index contributed by atoms with van der Waals surface area (Å²) in [5.74, 6) is 1.01. The Bertz CT molecular complexity index is 830. The third-order valence-corrected chi connectivity index (χ3v) is 6.32. The molecule has 3 aliphatic rings. The fourth-order valence-corrected chi connectivity index (χ4v) is 5.14. The van der Waals surface area contributed by atoms with Gasteiger partial charge >= 0.3 is 0 Å². The summed E-state index contributed by atoms with van der Waals surface area (Å²) in [7, 11) is 0. The van der Waals surface area contributed by atoms with Crippen LogP contribution in [0.5, 0.6) is 0 Å². The van der Waals surface area contributed by atoms with Crippen molar-refractivity contribution in [2.45, 2.75) is 49.9 Å². The Hall–Kier alpha value is -2.26. The second-order valence-corrected chi connectivity index (χ2v) is 8.33. The molecule has 148 valence electrons. The number of fused-ring (bicyclic) bond motifs is 2. The lowest BCUT2D eigenvalue weighted by molar-refractivity contribution is -0.148. The Labute approximate surface area is 167 Å². The Morgan fingerprint density at radius 3 is 2.79 bits per heavy atom. The van der Waals surface area contributed by atoms with Crippen LogP contribution in [-0.4, -0.2) is 73.4 Å². The third kappa shape index (κ3) is 3.22. The maximum Gasteiger partial charge on any atom is 0.244 e. The van der Waals surface area contributed by atoms with Gasteiger partial charge in [0, 0.05) is 31.4 Å². The molecule has 1 unspecified atom stereocenters. The second-order valence-electron chi connectivity index (χ2n) is 7.89. The van der Waals surface area contributed by atoms with Crippen LogP contribution >= 0.6 is 11.6 Å². The summed E-state index contributed by atoms with van der Waals surface area (Å²) in [6.45, 7) is 2.47. The first-order valence-corrected chi connectivity index (χ1v) is 10.0. The van der Waals surface area contributed by atoms with Gasteiger partial charge < -0.3 is 14.5 Å². The molecule has 0 N–H and O–H groups in total. The minimum atomic E-state index is -0.225. The average molecular weight is 404 g/mol. The van der Waals surface area contributed by atoms with Crippen LogP contribution in [0.15, 0.2) is 24.7 Å². The van der Waals surface area contributed by atoms with Crippen molar-refractivity contribution in [3.05, 3.63) is 29.7 Å². The van der Waals surface area contributed by atoms with E-state index < -0.39 is 0 Å². The number of tetrazole rings is 1. The maximum atomic E-state index is 12.9. The summed E-state index contributed by atoms with van der Waals surface area (Å²) in [6, 6.07) is 4.25. The van der Waals surface area contributed by atoms with Gasteiger partial charge in [0.15, 0.2) is 0 Å². The number of carbonyl (C=O) groups excluding carboxylic acids is 1. The molecule has 3 atom stereocenters. The standard InChI is InChI=1S/C18H22ClN7O2/c19-13-1-4-16(20-9-13)24-5-6-28-18(11-24)7-14-2-3-15(8-18)26(14)17(27)10-25-12-21-22-23-25/h1,4,9,12,14-15H,2-3,5-8,10-11H2/t14-,15+,18?. The van der Waals surface area contributed by atoms with Gasteiger partial charge in [-0.25, -0.2) is 9.67 Å². The Balaban J connectivity index is 1.30. The van der Waals surface area contributed by atoms with Crippen molar-refractivity contribution in [3.8, 4) is 0 Å². The summed E-state index contributed by atoms with van der Waals surface area (Å²) < 4.78 is 7.81. The number of morpholine rings is 1. The third-order valence-electron chi connectivity index (χ3n) is 6.10. The first-order chi connectivity index (χ1) is 13.6. The van der Waals surface area contributed by atoms with Crippen molar-refractivity contribution < 1.29 is 9.53 Å². The van der Waals surface area contributed by atoms with E-state index >= 15 is 0 Å². The molecule has 28 heavy (non-hydrogen) atoms. The van der Waals surface area contributed by atoms with Gasteiger partial charge in [-0.3, -0.25) is 4.79 Å². The van der Waals surface area contributed by atoms with E-state index in [0.29, 0.717) is 11.6 Å². The Morgan fingerprint density at radius 1 is 1.29 bits per heavy atom. The molecular formula is C18H22ClN7O2. The molecule has 3 saturated heterocycles. The van der Waals surface area contributed by atoms with E-state index in [4.69, 9.17) is 16.3 Å². The highest BCUT2D eigenvalue weighted by Gasteiger charge is 2.52. The molecule has 10 heteroatoms. The number of anilines is 1. The van der Waals surface area contributed by atoms with Crippen molar-refractivity contribution in [3.63, 3.8) is 0 Å². The number of nitrogens with zero attached hydrogens (tertiary/aromatic N) is 7.